The van der Waals surface area contributed by atoms with Crippen molar-refractivity contribution < 1.29 is 0 Å². The smallest absolute Gasteiger partial charge is 0.0595 e. The molecule has 0 saturated heterocycles. The molecule has 3 nitrogen and oxygen atoms in total. The van der Waals surface area contributed by atoms with Gasteiger partial charge in [-0.3, -0.25) is 4.68 Å². The van der Waals surface area contributed by atoms with Gasteiger partial charge in [0.05, 0.1) is 12.2 Å². The third-order valence-electron chi connectivity index (χ3n) is 4.88. The van der Waals surface area contributed by atoms with E-state index in [0.29, 0.717) is 0 Å². The standard InChI is InChI=1S/C24H24N3P/c1-26(19-20-17-18-25-27(20)2)23-15-9-10-16-24(23)28(21-11-5-3-6-12-21)22-13-7-4-8-14-22/h3-18H,19H2,1-2H3. The Morgan fingerprint density at radius 3 is 1.93 bits per heavy atom. The summed E-state index contributed by atoms with van der Waals surface area (Å²) in [4.78, 5) is 2.33. The van der Waals surface area contributed by atoms with E-state index in [1.54, 1.807) is 0 Å². The molecule has 0 N–H and O–H groups in total. The molecule has 140 valence electrons. The average molecular weight is 385 g/mol. The summed E-state index contributed by atoms with van der Waals surface area (Å²) in [5, 5.41) is 8.42. The van der Waals surface area contributed by atoms with E-state index < -0.39 is 7.92 Å². The van der Waals surface area contributed by atoms with Gasteiger partial charge in [0.2, 0.25) is 0 Å². The quantitative estimate of drug-likeness (QED) is 0.471. The zero-order valence-electron chi connectivity index (χ0n) is 16.2. The summed E-state index contributed by atoms with van der Waals surface area (Å²) in [5.41, 5.74) is 2.46. The van der Waals surface area contributed by atoms with E-state index >= 15 is 0 Å². The molecule has 0 aliphatic carbocycles. The largest absolute Gasteiger partial charge is 0.368 e. The predicted octanol–water partition coefficient (Wildman–Crippen LogP) is 3.81. The average Bonchev–Trinajstić information content (AvgIpc) is 3.14. The Morgan fingerprint density at radius 2 is 1.36 bits per heavy atom. The first-order valence-electron chi connectivity index (χ1n) is 9.41. The summed E-state index contributed by atoms with van der Waals surface area (Å²) in [6.07, 6.45) is 1.86. The highest BCUT2D eigenvalue weighted by Crippen LogP contribution is 2.36. The van der Waals surface area contributed by atoms with Crippen LogP contribution < -0.4 is 20.8 Å². The van der Waals surface area contributed by atoms with Crippen LogP contribution >= 0.6 is 7.92 Å². The van der Waals surface area contributed by atoms with Crippen LogP contribution in [0.15, 0.2) is 97.2 Å². The monoisotopic (exact) mass is 385 g/mol. The van der Waals surface area contributed by atoms with Crippen LogP contribution in [0, 0.1) is 0 Å². The van der Waals surface area contributed by atoms with Crippen molar-refractivity contribution in [1.29, 1.82) is 0 Å². The number of benzene rings is 3. The molecule has 0 atom stereocenters. The lowest BCUT2D eigenvalue weighted by atomic mass is 10.3. The van der Waals surface area contributed by atoms with Crippen molar-refractivity contribution in [1.82, 2.24) is 9.78 Å². The summed E-state index contributed by atoms with van der Waals surface area (Å²) >= 11 is 0. The van der Waals surface area contributed by atoms with E-state index in [9.17, 15) is 0 Å². The Kier molecular flexibility index (Phi) is 5.55. The normalized spacial score (nSPS) is 11.0. The topological polar surface area (TPSA) is 21.1 Å². The SMILES string of the molecule is CN(Cc1ccnn1C)c1ccccc1P(c1ccccc1)c1ccccc1. The van der Waals surface area contributed by atoms with Crippen LogP contribution in [0.25, 0.3) is 0 Å². The fourth-order valence-corrected chi connectivity index (χ4v) is 5.95. The lowest BCUT2D eigenvalue weighted by molar-refractivity contribution is 0.700. The molecule has 28 heavy (non-hydrogen) atoms. The van der Waals surface area contributed by atoms with Gasteiger partial charge in [-0.2, -0.15) is 5.10 Å². The van der Waals surface area contributed by atoms with Gasteiger partial charge in [-0.15, -0.1) is 0 Å². The number of aryl methyl sites for hydroxylation is 1. The van der Waals surface area contributed by atoms with Gasteiger partial charge >= 0.3 is 0 Å². The second-order valence-corrected chi connectivity index (χ2v) is 8.98. The predicted molar refractivity (Wildman–Crippen MR) is 120 cm³/mol. The second kappa shape index (κ2) is 8.41. The van der Waals surface area contributed by atoms with Crippen LogP contribution in [0.1, 0.15) is 5.69 Å². The second-order valence-electron chi connectivity index (χ2n) is 6.80. The van der Waals surface area contributed by atoms with Crippen LogP contribution in [0.3, 0.4) is 0 Å². The fraction of sp³-hybridized carbons (Fsp3) is 0.125. The van der Waals surface area contributed by atoms with Crippen molar-refractivity contribution in [3.63, 3.8) is 0 Å². The number of aromatic nitrogens is 2. The maximum absolute atomic E-state index is 4.31. The summed E-state index contributed by atoms with van der Waals surface area (Å²) in [5.74, 6) is 0. The molecule has 3 aromatic carbocycles. The number of hydrogen-bond donors (Lipinski definition) is 0. The Labute approximate surface area is 168 Å². The summed E-state index contributed by atoms with van der Waals surface area (Å²) in [7, 11) is 3.52. The van der Waals surface area contributed by atoms with Gasteiger partial charge in [0, 0.05) is 31.3 Å². The van der Waals surface area contributed by atoms with E-state index in [0.717, 1.165) is 6.54 Å². The summed E-state index contributed by atoms with van der Waals surface area (Å²) in [6.45, 7) is 0.820. The van der Waals surface area contributed by atoms with Crippen molar-refractivity contribution in [2.75, 3.05) is 11.9 Å². The van der Waals surface area contributed by atoms with Crippen LogP contribution in [0.4, 0.5) is 5.69 Å². The third-order valence-corrected chi connectivity index (χ3v) is 7.37. The number of nitrogens with zero attached hydrogens (tertiary/aromatic N) is 3. The zero-order valence-corrected chi connectivity index (χ0v) is 17.1. The van der Waals surface area contributed by atoms with Crippen LogP contribution in [-0.4, -0.2) is 16.8 Å². The Bertz CT molecular complexity index is 988. The molecule has 0 spiro atoms. The minimum atomic E-state index is -0.634. The highest BCUT2D eigenvalue weighted by Gasteiger charge is 2.21. The van der Waals surface area contributed by atoms with Crippen LogP contribution in [0.5, 0.6) is 0 Å². The molecule has 0 radical (unpaired) electrons. The molecule has 1 aromatic heterocycles. The zero-order chi connectivity index (χ0) is 19.3. The van der Waals surface area contributed by atoms with Crippen molar-refractivity contribution in [2.24, 2.45) is 7.05 Å². The maximum Gasteiger partial charge on any atom is 0.0595 e. The lowest BCUT2D eigenvalue weighted by Gasteiger charge is -2.27. The van der Waals surface area contributed by atoms with Gasteiger partial charge in [-0.25, -0.2) is 0 Å². The highest BCUT2D eigenvalue weighted by atomic mass is 31.1. The molecular formula is C24H24N3P. The Balaban J connectivity index is 1.78. The molecule has 0 amide bonds. The Hall–Kier alpha value is -2.90. The first kappa shape index (κ1) is 18.5. The molecule has 0 aliphatic heterocycles. The van der Waals surface area contributed by atoms with E-state index in [1.165, 1.54) is 27.3 Å². The molecular weight excluding hydrogens is 361 g/mol. The van der Waals surface area contributed by atoms with Gasteiger partial charge < -0.3 is 4.90 Å². The minimum absolute atomic E-state index is 0.634. The first-order valence-corrected chi connectivity index (χ1v) is 10.8. The van der Waals surface area contributed by atoms with Gasteiger partial charge in [-0.1, -0.05) is 78.9 Å². The molecule has 4 aromatic rings. The van der Waals surface area contributed by atoms with Crippen molar-refractivity contribution >= 4 is 29.5 Å². The molecule has 1 heterocycles. The molecule has 0 aliphatic rings. The van der Waals surface area contributed by atoms with Gasteiger partial charge in [-0.05, 0) is 30.7 Å². The molecule has 0 fully saturated rings. The number of rotatable bonds is 6. The third kappa shape index (κ3) is 3.85. The van der Waals surface area contributed by atoms with E-state index in [1.807, 2.05) is 17.9 Å². The first-order chi connectivity index (χ1) is 13.7. The van der Waals surface area contributed by atoms with Crippen molar-refractivity contribution in [3.05, 3.63) is 103 Å². The Morgan fingerprint density at radius 1 is 0.786 bits per heavy atom. The molecule has 4 heteroatoms. The van der Waals surface area contributed by atoms with Crippen LogP contribution in [0.2, 0.25) is 0 Å². The molecule has 0 bridgehead atoms. The fourth-order valence-electron chi connectivity index (χ4n) is 3.44. The van der Waals surface area contributed by atoms with E-state index in [2.05, 4.69) is 108 Å². The molecule has 0 saturated carbocycles. The van der Waals surface area contributed by atoms with Crippen LogP contribution in [-0.2, 0) is 13.6 Å². The number of hydrogen-bond acceptors (Lipinski definition) is 2. The maximum atomic E-state index is 4.31. The summed E-state index contributed by atoms with van der Waals surface area (Å²) in [6, 6.07) is 32.6. The van der Waals surface area contributed by atoms with Crippen molar-refractivity contribution in [2.45, 2.75) is 6.54 Å². The molecule has 0 unspecified atom stereocenters. The summed E-state index contributed by atoms with van der Waals surface area (Å²) < 4.78 is 1.94. The van der Waals surface area contributed by atoms with Crippen molar-refractivity contribution in [3.8, 4) is 0 Å². The van der Waals surface area contributed by atoms with Gasteiger partial charge in [0.15, 0.2) is 0 Å². The van der Waals surface area contributed by atoms with E-state index in [4.69, 9.17) is 0 Å². The lowest BCUT2D eigenvalue weighted by Crippen LogP contribution is -2.28. The minimum Gasteiger partial charge on any atom is -0.368 e. The van der Waals surface area contributed by atoms with Gasteiger partial charge in [0.1, 0.15) is 0 Å². The number of para-hydroxylation sites is 1. The van der Waals surface area contributed by atoms with Gasteiger partial charge in [0.25, 0.3) is 0 Å². The highest BCUT2D eigenvalue weighted by molar-refractivity contribution is 7.80. The van der Waals surface area contributed by atoms with E-state index in [-0.39, 0.29) is 0 Å². The molecule has 4 rings (SSSR count). The number of anilines is 1.